The number of aromatic nitrogens is 2. The van der Waals surface area contributed by atoms with Gasteiger partial charge in [-0.15, -0.1) is 11.3 Å². The molecule has 0 unspecified atom stereocenters. The summed E-state index contributed by atoms with van der Waals surface area (Å²) in [5.41, 5.74) is 1.19. The van der Waals surface area contributed by atoms with E-state index in [4.69, 9.17) is 0 Å². The Morgan fingerprint density at radius 1 is 1.19 bits per heavy atom. The summed E-state index contributed by atoms with van der Waals surface area (Å²) in [6, 6.07) is 12.5. The van der Waals surface area contributed by atoms with Crippen molar-refractivity contribution in [3.8, 4) is 10.4 Å². The molecule has 3 aromatic rings. The zero-order chi connectivity index (χ0) is 18.1. The molecule has 0 bridgehead atoms. The highest BCUT2D eigenvalue weighted by atomic mass is 32.2. The van der Waals surface area contributed by atoms with Crippen LogP contribution in [0.4, 0.5) is 0 Å². The minimum absolute atomic E-state index is 0.134. The van der Waals surface area contributed by atoms with Gasteiger partial charge >= 0.3 is 0 Å². The molecule has 1 fully saturated rings. The first-order valence-electron chi connectivity index (χ1n) is 8.91. The fourth-order valence-electron chi connectivity index (χ4n) is 3.24. The third-order valence-corrected chi connectivity index (χ3v) is 6.75. The normalized spacial score (nSPS) is 15.5. The van der Waals surface area contributed by atoms with E-state index in [0.717, 1.165) is 47.0 Å². The number of amides is 1. The molecule has 1 amide bonds. The van der Waals surface area contributed by atoms with E-state index in [-0.39, 0.29) is 11.2 Å². The molecule has 1 aromatic carbocycles. The maximum absolute atomic E-state index is 12.7. The van der Waals surface area contributed by atoms with E-state index in [1.807, 2.05) is 36.9 Å². The van der Waals surface area contributed by atoms with Gasteiger partial charge in [0.05, 0.1) is 5.25 Å². The van der Waals surface area contributed by atoms with Crippen molar-refractivity contribution < 1.29 is 4.79 Å². The zero-order valence-electron chi connectivity index (χ0n) is 14.9. The summed E-state index contributed by atoms with van der Waals surface area (Å²) in [7, 11) is 0. The van der Waals surface area contributed by atoms with Crippen molar-refractivity contribution in [2.45, 2.75) is 37.0 Å². The molecule has 4 rings (SSSR count). The van der Waals surface area contributed by atoms with E-state index in [2.05, 4.69) is 28.2 Å². The van der Waals surface area contributed by atoms with E-state index in [1.165, 1.54) is 10.4 Å². The van der Waals surface area contributed by atoms with Crippen LogP contribution in [-0.2, 0) is 4.79 Å². The van der Waals surface area contributed by atoms with Crippen LogP contribution in [0.3, 0.4) is 0 Å². The molecular formula is C20H21N3OS2. The van der Waals surface area contributed by atoms with Gasteiger partial charge in [-0.2, -0.15) is 0 Å². The number of fused-ring (bicyclic) bond motifs is 1. The summed E-state index contributed by atoms with van der Waals surface area (Å²) in [5, 5.41) is 1.82. The Hall–Kier alpha value is -1.92. The zero-order valence-corrected chi connectivity index (χ0v) is 16.6. The summed E-state index contributed by atoms with van der Waals surface area (Å²) in [4.78, 5) is 26.1. The van der Waals surface area contributed by atoms with E-state index >= 15 is 0 Å². The van der Waals surface area contributed by atoms with Crippen LogP contribution >= 0.6 is 23.1 Å². The van der Waals surface area contributed by atoms with Gasteiger partial charge in [-0.05, 0) is 38.3 Å². The van der Waals surface area contributed by atoms with Crippen molar-refractivity contribution in [2.24, 2.45) is 0 Å². The highest BCUT2D eigenvalue weighted by molar-refractivity contribution is 8.00. The second-order valence-electron chi connectivity index (χ2n) is 6.56. The van der Waals surface area contributed by atoms with Gasteiger partial charge in [0.25, 0.3) is 0 Å². The molecule has 0 saturated carbocycles. The van der Waals surface area contributed by atoms with E-state index in [1.54, 1.807) is 23.1 Å². The van der Waals surface area contributed by atoms with Crippen LogP contribution in [0.1, 0.15) is 25.6 Å². The van der Waals surface area contributed by atoms with E-state index in [0.29, 0.717) is 0 Å². The van der Waals surface area contributed by atoms with Crippen LogP contribution < -0.4 is 0 Å². The number of benzene rings is 1. The fourth-order valence-corrected chi connectivity index (χ4v) is 5.44. The van der Waals surface area contributed by atoms with Crippen molar-refractivity contribution in [1.29, 1.82) is 0 Å². The quantitative estimate of drug-likeness (QED) is 0.481. The number of hydrogen-bond donors (Lipinski definition) is 0. The number of nitrogens with zero attached hydrogens (tertiary/aromatic N) is 3. The largest absolute Gasteiger partial charge is 0.342 e. The maximum atomic E-state index is 12.7. The third-order valence-electron chi connectivity index (χ3n) is 4.58. The molecule has 0 aliphatic carbocycles. The Labute approximate surface area is 161 Å². The van der Waals surface area contributed by atoms with Gasteiger partial charge in [-0.1, -0.05) is 42.1 Å². The monoisotopic (exact) mass is 383 g/mol. The lowest BCUT2D eigenvalue weighted by atomic mass is 10.2. The number of thiophene rings is 1. The first-order chi connectivity index (χ1) is 12.6. The average molecular weight is 384 g/mol. The lowest BCUT2D eigenvalue weighted by Crippen LogP contribution is -2.34. The van der Waals surface area contributed by atoms with Crippen LogP contribution in [0.25, 0.3) is 20.7 Å². The number of carbonyl (C=O) groups is 1. The predicted octanol–water partition coefficient (Wildman–Crippen LogP) is 4.77. The van der Waals surface area contributed by atoms with Gasteiger partial charge in [-0.25, -0.2) is 9.97 Å². The first-order valence-corrected chi connectivity index (χ1v) is 10.6. The van der Waals surface area contributed by atoms with Crippen molar-refractivity contribution in [2.75, 3.05) is 13.1 Å². The van der Waals surface area contributed by atoms with Crippen LogP contribution in [-0.4, -0.2) is 39.1 Å². The Balaban J connectivity index is 1.66. The van der Waals surface area contributed by atoms with E-state index < -0.39 is 0 Å². The molecule has 3 heterocycles. The maximum Gasteiger partial charge on any atom is 0.235 e. The molecule has 1 saturated heterocycles. The van der Waals surface area contributed by atoms with Crippen LogP contribution in [0.5, 0.6) is 0 Å². The first kappa shape index (κ1) is 17.5. The topological polar surface area (TPSA) is 46.1 Å². The summed E-state index contributed by atoms with van der Waals surface area (Å²) in [5.74, 6) is 0.970. The summed E-state index contributed by atoms with van der Waals surface area (Å²) in [6.45, 7) is 5.68. The molecule has 4 nitrogen and oxygen atoms in total. The minimum atomic E-state index is -0.134. The Bertz CT molecular complexity index is 933. The van der Waals surface area contributed by atoms with Crippen LogP contribution in [0, 0.1) is 6.92 Å². The number of thioether (sulfide) groups is 1. The Kier molecular flexibility index (Phi) is 4.96. The number of rotatable bonds is 4. The van der Waals surface area contributed by atoms with Crippen molar-refractivity contribution >= 4 is 39.2 Å². The number of hydrogen-bond acceptors (Lipinski definition) is 5. The van der Waals surface area contributed by atoms with Crippen molar-refractivity contribution in [1.82, 2.24) is 14.9 Å². The summed E-state index contributed by atoms with van der Waals surface area (Å²) in [6.07, 6.45) is 2.23. The molecule has 0 spiro atoms. The van der Waals surface area contributed by atoms with Gasteiger partial charge < -0.3 is 4.90 Å². The molecule has 1 aliphatic heterocycles. The van der Waals surface area contributed by atoms with E-state index in [9.17, 15) is 4.79 Å². The third kappa shape index (κ3) is 3.48. The molecule has 6 heteroatoms. The molecule has 0 radical (unpaired) electrons. The second kappa shape index (κ2) is 7.37. The molecule has 2 aromatic heterocycles. The molecule has 0 N–H and O–H groups in total. The van der Waals surface area contributed by atoms with Crippen molar-refractivity contribution in [3.63, 3.8) is 0 Å². The van der Waals surface area contributed by atoms with Crippen LogP contribution in [0.2, 0.25) is 0 Å². The summed E-state index contributed by atoms with van der Waals surface area (Å²) >= 11 is 3.23. The number of carbonyl (C=O) groups excluding carboxylic acids is 1. The summed E-state index contributed by atoms with van der Waals surface area (Å²) < 4.78 is 0. The van der Waals surface area contributed by atoms with Gasteiger partial charge in [0.2, 0.25) is 5.91 Å². The van der Waals surface area contributed by atoms with Gasteiger partial charge in [0, 0.05) is 23.4 Å². The molecule has 26 heavy (non-hydrogen) atoms. The Morgan fingerprint density at radius 3 is 2.65 bits per heavy atom. The van der Waals surface area contributed by atoms with Gasteiger partial charge in [0.15, 0.2) is 0 Å². The van der Waals surface area contributed by atoms with Gasteiger partial charge in [0.1, 0.15) is 15.7 Å². The number of aryl methyl sites for hydroxylation is 1. The molecule has 1 atom stereocenters. The lowest BCUT2D eigenvalue weighted by molar-refractivity contribution is -0.129. The predicted molar refractivity (Wildman–Crippen MR) is 109 cm³/mol. The van der Waals surface area contributed by atoms with Crippen molar-refractivity contribution in [3.05, 3.63) is 42.2 Å². The average Bonchev–Trinajstić information content (AvgIpc) is 3.31. The fraction of sp³-hybridized carbons (Fsp3) is 0.350. The van der Waals surface area contributed by atoms with Crippen LogP contribution in [0.15, 0.2) is 41.4 Å². The highest BCUT2D eigenvalue weighted by Crippen LogP contribution is 2.38. The minimum Gasteiger partial charge on any atom is -0.342 e. The SMILES string of the molecule is Cc1nc(S[C@@H](C)C(=O)N2CCCC2)c2cc(-c3ccccc3)sc2n1. The highest BCUT2D eigenvalue weighted by Gasteiger charge is 2.25. The number of likely N-dealkylation sites (tertiary alicyclic amines) is 1. The smallest absolute Gasteiger partial charge is 0.235 e. The molecule has 1 aliphatic rings. The molecular weight excluding hydrogens is 362 g/mol. The van der Waals surface area contributed by atoms with Gasteiger partial charge in [-0.3, -0.25) is 4.79 Å². The molecule has 134 valence electrons. The standard InChI is InChI=1S/C20H21N3OS2/c1-13(20(24)23-10-6-7-11-23)25-18-16-12-17(15-8-4-3-5-9-15)26-19(16)22-14(2)21-18/h3-5,8-9,12-13H,6-7,10-11H2,1-2H3/t13-/m0/s1. The Morgan fingerprint density at radius 2 is 1.92 bits per heavy atom. The lowest BCUT2D eigenvalue weighted by Gasteiger charge is -2.19. The second-order valence-corrected chi connectivity index (χ2v) is 8.92.